The first kappa shape index (κ1) is 14.4. The van der Waals surface area contributed by atoms with Crippen LogP contribution in [0.5, 0.6) is 0 Å². The van der Waals surface area contributed by atoms with Crippen LogP contribution in [0.4, 0.5) is 0 Å². The first-order valence-corrected chi connectivity index (χ1v) is 7.09. The zero-order valence-electron chi connectivity index (χ0n) is 11.9. The average Bonchev–Trinajstić information content (AvgIpc) is 2.48. The molecule has 1 fully saturated rings. The number of carbonyl (C=O) groups is 1. The quantitative estimate of drug-likeness (QED) is 0.574. The molecule has 108 valence electrons. The van der Waals surface area contributed by atoms with Gasteiger partial charge in [0.25, 0.3) is 5.91 Å². The van der Waals surface area contributed by atoms with E-state index in [0.29, 0.717) is 5.56 Å². The Morgan fingerprint density at radius 1 is 1.35 bits per heavy atom. The summed E-state index contributed by atoms with van der Waals surface area (Å²) in [6.07, 6.45) is 2.64. The van der Waals surface area contributed by atoms with Gasteiger partial charge in [-0.25, -0.2) is 0 Å². The molecule has 1 aliphatic heterocycles. The molecule has 1 aromatic carbocycles. The van der Waals surface area contributed by atoms with Crippen molar-refractivity contribution in [1.82, 2.24) is 10.2 Å². The Labute approximate surface area is 119 Å². The van der Waals surface area contributed by atoms with E-state index in [4.69, 9.17) is 11.1 Å². The second kappa shape index (κ2) is 6.41. The molecule has 4 N–H and O–H groups in total. The smallest absolute Gasteiger partial charge is 0.251 e. The zero-order chi connectivity index (χ0) is 14.5. The summed E-state index contributed by atoms with van der Waals surface area (Å²) in [6, 6.07) is 7.90. The second-order valence-electron chi connectivity index (χ2n) is 5.17. The molecule has 1 heterocycles. The molecule has 0 atom stereocenters. The van der Waals surface area contributed by atoms with Gasteiger partial charge >= 0.3 is 0 Å². The van der Waals surface area contributed by atoms with Gasteiger partial charge in [-0.05, 0) is 37.0 Å². The van der Waals surface area contributed by atoms with E-state index < -0.39 is 0 Å². The van der Waals surface area contributed by atoms with Crippen LogP contribution >= 0.6 is 0 Å². The number of likely N-dealkylation sites (tertiary alicyclic amines) is 1. The summed E-state index contributed by atoms with van der Waals surface area (Å²) in [5.41, 5.74) is 7.39. The predicted molar refractivity (Wildman–Crippen MR) is 79.8 cm³/mol. The zero-order valence-corrected chi connectivity index (χ0v) is 11.9. The molecular weight excluding hydrogens is 252 g/mol. The van der Waals surface area contributed by atoms with Crippen molar-refractivity contribution in [3.63, 3.8) is 0 Å². The standard InChI is InChI=1S/C15H22N4O/c1-2-11-3-5-12(6-4-11)14(20)18-13-7-9-19(10-8-13)15(16)17/h3-6,13H,2,7-10H2,1H3,(H3,16,17)(H,18,20). The maximum absolute atomic E-state index is 12.1. The molecule has 0 bridgehead atoms. The molecule has 5 nitrogen and oxygen atoms in total. The van der Waals surface area contributed by atoms with Crippen LogP contribution in [0.15, 0.2) is 24.3 Å². The molecule has 0 spiro atoms. The van der Waals surface area contributed by atoms with Gasteiger partial charge in [0.15, 0.2) is 5.96 Å². The Morgan fingerprint density at radius 2 is 1.95 bits per heavy atom. The van der Waals surface area contributed by atoms with Gasteiger partial charge in [-0.15, -0.1) is 0 Å². The third-order valence-electron chi connectivity index (χ3n) is 3.80. The molecule has 0 unspecified atom stereocenters. The van der Waals surface area contributed by atoms with E-state index in [1.165, 1.54) is 5.56 Å². The summed E-state index contributed by atoms with van der Waals surface area (Å²) in [4.78, 5) is 14.0. The summed E-state index contributed by atoms with van der Waals surface area (Å²) >= 11 is 0. The first-order valence-electron chi connectivity index (χ1n) is 7.09. The molecule has 0 radical (unpaired) electrons. The van der Waals surface area contributed by atoms with Crippen molar-refractivity contribution in [2.45, 2.75) is 32.2 Å². The highest BCUT2D eigenvalue weighted by molar-refractivity contribution is 5.94. The van der Waals surface area contributed by atoms with Gasteiger partial charge in [-0.1, -0.05) is 19.1 Å². The summed E-state index contributed by atoms with van der Waals surface area (Å²) < 4.78 is 0. The fraction of sp³-hybridized carbons (Fsp3) is 0.467. The Kier molecular flexibility index (Phi) is 4.61. The summed E-state index contributed by atoms with van der Waals surface area (Å²) in [7, 11) is 0. The minimum atomic E-state index is -0.0195. The van der Waals surface area contributed by atoms with E-state index >= 15 is 0 Å². The number of aryl methyl sites for hydroxylation is 1. The Balaban J connectivity index is 1.87. The number of rotatable bonds is 3. The molecule has 5 heteroatoms. The molecule has 0 saturated carbocycles. The van der Waals surface area contributed by atoms with Crippen LogP contribution in [0.25, 0.3) is 0 Å². The highest BCUT2D eigenvalue weighted by Gasteiger charge is 2.21. The van der Waals surface area contributed by atoms with Gasteiger partial charge in [-0.2, -0.15) is 0 Å². The number of hydrogen-bond donors (Lipinski definition) is 3. The van der Waals surface area contributed by atoms with E-state index in [2.05, 4.69) is 12.2 Å². The number of nitrogens with two attached hydrogens (primary N) is 1. The van der Waals surface area contributed by atoms with Crippen molar-refractivity contribution in [2.75, 3.05) is 13.1 Å². The van der Waals surface area contributed by atoms with E-state index in [9.17, 15) is 4.79 Å². The molecule has 2 rings (SSSR count). The first-order chi connectivity index (χ1) is 9.60. The minimum Gasteiger partial charge on any atom is -0.370 e. The van der Waals surface area contributed by atoms with E-state index in [-0.39, 0.29) is 17.9 Å². The lowest BCUT2D eigenvalue weighted by molar-refractivity contribution is 0.0922. The van der Waals surface area contributed by atoms with Crippen LogP contribution in [-0.2, 0) is 6.42 Å². The predicted octanol–water partition coefficient (Wildman–Crippen LogP) is 1.34. The SMILES string of the molecule is CCc1ccc(C(=O)NC2CCN(C(=N)N)CC2)cc1. The molecule has 1 aromatic rings. The summed E-state index contributed by atoms with van der Waals surface area (Å²) in [5, 5.41) is 10.4. The number of amides is 1. The van der Waals surface area contributed by atoms with Crippen LogP contribution in [0, 0.1) is 5.41 Å². The molecule has 1 amide bonds. The highest BCUT2D eigenvalue weighted by atomic mass is 16.1. The highest BCUT2D eigenvalue weighted by Crippen LogP contribution is 2.11. The fourth-order valence-corrected chi connectivity index (χ4v) is 2.43. The Morgan fingerprint density at radius 3 is 2.45 bits per heavy atom. The fourth-order valence-electron chi connectivity index (χ4n) is 2.43. The number of piperidine rings is 1. The van der Waals surface area contributed by atoms with E-state index in [1.807, 2.05) is 29.2 Å². The molecular formula is C15H22N4O. The van der Waals surface area contributed by atoms with Gasteiger partial charge in [0, 0.05) is 24.7 Å². The summed E-state index contributed by atoms with van der Waals surface area (Å²) in [6.45, 7) is 3.56. The third kappa shape index (κ3) is 3.50. The van der Waals surface area contributed by atoms with Crippen molar-refractivity contribution >= 4 is 11.9 Å². The number of nitrogens with one attached hydrogen (secondary N) is 2. The van der Waals surface area contributed by atoms with Gasteiger partial charge < -0.3 is 16.0 Å². The van der Waals surface area contributed by atoms with E-state index in [0.717, 1.165) is 32.4 Å². The van der Waals surface area contributed by atoms with Gasteiger partial charge in [0.05, 0.1) is 0 Å². The molecule has 1 aliphatic rings. The van der Waals surface area contributed by atoms with Crippen LogP contribution in [0.1, 0.15) is 35.7 Å². The summed E-state index contributed by atoms with van der Waals surface area (Å²) in [5.74, 6) is 0.0962. The lowest BCUT2D eigenvalue weighted by atomic mass is 10.0. The van der Waals surface area contributed by atoms with Crippen molar-refractivity contribution in [1.29, 1.82) is 5.41 Å². The monoisotopic (exact) mass is 274 g/mol. The third-order valence-corrected chi connectivity index (χ3v) is 3.80. The number of benzene rings is 1. The normalized spacial score (nSPS) is 15.9. The number of nitrogens with zero attached hydrogens (tertiary/aromatic N) is 1. The van der Waals surface area contributed by atoms with Crippen molar-refractivity contribution < 1.29 is 4.79 Å². The largest absolute Gasteiger partial charge is 0.370 e. The van der Waals surface area contributed by atoms with Crippen LogP contribution in [0.2, 0.25) is 0 Å². The van der Waals surface area contributed by atoms with Crippen molar-refractivity contribution in [3.8, 4) is 0 Å². The average molecular weight is 274 g/mol. The van der Waals surface area contributed by atoms with Crippen molar-refractivity contribution in [3.05, 3.63) is 35.4 Å². The van der Waals surface area contributed by atoms with Crippen molar-refractivity contribution in [2.24, 2.45) is 5.73 Å². The van der Waals surface area contributed by atoms with Gasteiger partial charge in [0.1, 0.15) is 0 Å². The van der Waals surface area contributed by atoms with Gasteiger partial charge in [-0.3, -0.25) is 10.2 Å². The molecule has 20 heavy (non-hydrogen) atoms. The lowest BCUT2D eigenvalue weighted by Crippen LogP contribution is -2.48. The Bertz CT molecular complexity index is 475. The lowest BCUT2D eigenvalue weighted by Gasteiger charge is -2.32. The minimum absolute atomic E-state index is 0.0195. The molecule has 1 saturated heterocycles. The maximum atomic E-state index is 12.1. The number of hydrogen-bond acceptors (Lipinski definition) is 2. The van der Waals surface area contributed by atoms with Gasteiger partial charge in [0.2, 0.25) is 0 Å². The number of guanidine groups is 1. The molecule has 0 aromatic heterocycles. The number of carbonyl (C=O) groups excluding carboxylic acids is 1. The van der Waals surface area contributed by atoms with Crippen LogP contribution in [-0.4, -0.2) is 35.9 Å². The Hall–Kier alpha value is -2.04. The topological polar surface area (TPSA) is 82.2 Å². The maximum Gasteiger partial charge on any atom is 0.251 e. The van der Waals surface area contributed by atoms with E-state index in [1.54, 1.807) is 0 Å². The van der Waals surface area contributed by atoms with Crippen LogP contribution < -0.4 is 11.1 Å². The van der Waals surface area contributed by atoms with Crippen LogP contribution in [0.3, 0.4) is 0 Å². The molecule has 0 aliphatic carbocycles. The second-order valence-corrected chi connectivity index (χ2v) is 5.17.